The standard InChI is InChI=1S/C15H20N4O5/c1-10(2)16-13(20)24-12-9-18(14(21)17(12)3)19(15(22)23)11-7-5-4-6-8-11/h4-8,10,12H,9H2,1-3H3,(H,16,20)(H,22,23). The topological polar surface area (TPSA) is 102 Å². The number of anilines is 1. The van der Waals surface area contributed by atoms with Crippen molar-refractivity contribution in [1.29, 1.82) is 0 Å². The van der Waals surface area contributed by atoms with Crippen LogP contribution in [-0.4, -0.2) is 59.1 Å². The van der Waals surface area contributed by atoms with E-state index in [2.05, 4.69) is 5.32 Å². The Morgan fingerprint density at radius 3 is 2.50 bits per heavy atom. The molecule has 1 aliphatic rings. The van der Waals surface area contributed by atoms with Gasteiger partial charge in [0.05, 0.1) is 5.69 Å². The van der Waals surface area contributed by atoms with Gasteiger partial charge in [-0.15, -0.1) is 0 Å². The number of hydrogen-bond donors (Lipinski definition) is 2. The molecular weight excluding hydrogens is 316 g/mol. The van der Waals surface area contributed by atoms with E-state index in [0.717, 1.165) is 10.0 Å². The van der Waals surface area contributed by atoms with Gasteiger partial charge in [-0.25, -0.2) is 19.4 Å². The van der Waals surface area contributed by atoms with Crippen LogP contribution in [0.2, 0.25) is 0 Å². The first-order valence-electron chi connectivity index (χ1n) is 7.40. The quantitative estimate of drug-likeness (QED) is 0.874. The van der Waals surface area contributed by atoms with Gasteiger partial charge in [0.2, 0.25) is 6.23 Å². The lowest BCUT2D eigenvalue weighted by atomic mass is 10.3. The van der Waals surface area contributed by atoms with Crippen molar-refractivity contribution in [2.75, 3.05) is 18.6 Å². The number of para-hydroxylation sites is 1. The highest BCUT2D eigenvalue weighted by Crippen LogP contribution is 2.23. The van der Waals surface area contributed by atoms with Crippen LogP contribution in [0.3, 0.4) is 0 Å². The summed E-state index contributed by atoms with van der Waals surface area (Å²) in [6.07, 6.45) is -2.87. The number of hydrazine groups is 1. The second kappa shape index (κ2) is 7.07. The summed E-state index contributed by atoms with van der Waals surface area (Å²) >= 11 is 0. The van der Waals surface area contributed by atoms with Gasteiger partial charge in [0, 0.05) is 13.1 Å². The molecule has 1 atom stereocenters. The first-order valence-corrected chi connectivity index (χ1v) is 7.40. The summed E-state index contributed by atoms with van der Waals surface area (Å²) in [6, 6.07) is 7.52. The highest BCUT2D eigenvalue weighted by molar-refractivity contribution is 5.91. The van der Waals surface area contributed by atoms with Crippen LogP contribution in [0.1, 0.15) is 13.8 Å². The van der Waals surface area contributed by atoms with Crippen LogP contribution < -0.4 is 10.3 Å². The van der Waals surface area contributed by atoms with Crippen LogP contribution in [0.4, 0.5) is 20.1 Å². The Morgan fingerprint density at radius 2 is 1.96 bits per heavy atom. The summed E-state index contributed by atoms with van der Waals surface area (Å²) < 4.78 is 5.19. The highest BCUT2D eigenvalue weighted by Gasteiger charge is 2.42. The molecule has 1 aromatic rings. The molecule has 0 radical (unpaired) electrons. The number of rotatable bonds is 4. The number of urea groups is 1. The monoisotopic (exact) mass is 336 g/mol. The van der Waals surface area contributed by atoms with E-state index >= 15 is 0 Å². The Kier molecular flexibility index (Phi) is 5.12. The average molecular weight is 336 g/mol. The molecule has 0 spiro atoms. The zero-order valence-electron chi connectivity index (χ0n) is 13.7. The Labute approximate surface area is 139 Å². The normalized spacial score (nSPS) is 17.2. The molecule has 1 aromatic carbocycles. The lowest BCUT2D eigenvalue weighted by molar-refractivity contribution is 0.0416. The number of nitrogens with one attached hydrogen (secondary N) is 1. The molecule has 9 heteroatoms. The molecule has 0 aromatic heterocycles. The number of benzene rings is 1. The third-order valence-electron chi connectivity index (χ3n) is 3.36. The molecule has 0 bridgehead atoms. The molecule has 1 unspecified atom stereocenters. The number of carbonyl (C=O) groups is 3. The largest absolute Gasteiger partial charge is 0.463 e. The maximum atomic E-state index is 12.4. The van der Waals surface area contributed by atoms with E-state index < -0.39 is 24.4 Å². The summed E-state index contributed by atoms with van der Waals surface area (Å²) in [7, 11) is 1.45. The zero-order valence-corrected chi connectivity index (χ0v) is 13.7. The van der Waals surface area contributed by atoms with Crippen molar-refractivity contribution in [3.8, 4) is 0 Å². The summed E-state index contributed by atoms with van der Waals surface area (Å²) in [5, 5.41) is 13.9. The van der Waals surface area contributed by atoms with Gasteiger partial charge >= 0.3 is 18.2 Å². The van der Waals surface area contributed by atoms with Crippen molar-refractivity contribution in [3.63, 3.8) is 0 Å². The second-order valence-corrected chi connectivity index (χ2v) is 5.56. The van der Waals surface area contributed by atoms with Crippen LogP contribution in [0, 0.1) is 0 Å². The van der Waals surface area contributed by atoms with Crippen LogP contribution >= 0.6 is 0 Å². The van der Waals surface area contributed by atoms with Gasteiger partial charge in [-0.1, -0.05) is 18.2 Å². The van der Waals surface area contributed by atoms with Gasteiger partial charge in [-0.3, -0.25) is 4.90 Å². The predicted molar refractivity (Wildman–Crippen MR) is 85.4 cm³/mol. The number of carbonyl (C=O) groups excluding carboxylic acids is 2. The summed E-state index contributed by atoms with van der Waals surface area (Å²) in [4.78, 5) is 36.9. The van der Waals surface area contributed by atoms with Gasteiger partial charge in [-0.05, 0) is 26.0 Å². The Bertz CT molecular complexity index is 622. The molecule has 2 rings (SSSR count). The lowest BCUT2D eigenvalue weighted by Crippen LogP contribution is -2.48. The number of ether oxygens (including phenoxy) is 1. The van der Waals surface area contributed by atoms with Gasteiger partial charge in [0.15, 0.2) is 0 Å². The minimum atomic E-state index is -1.31. The van der Waals surface area contributed by atoms with E-state index in [1.807, 2.05) is 0 Å². The van der Waals surface area contributed by atoms with Crippen molar-refractivity contribution < 1.29 is 24.2 Å². The Hall–Kier alpha value is -2.97. The molecule has 1 saturated heterocycles. The molecule has 0 aliphatic carbocycles. The number of likely N-dealkylation sites (N-methyl/N-ethyl adjacent to an activating group) is 1. The SMILES string of the molecule is CC(C)NC(=O)OC1CN(N(C(=O)O)c2ccccc2)C(=O)N1C. The first-order chi connectivity index (χ1) is 11.3. The summed E-state index contributed by atoms with van der Waals surface area (Å²) in [5.41, 5.74) is 0.319. The van der Waals surface area contributed by atoms with Crippen LogP contribution in [-0.2, 0) is 4.74 Å². The van der Waals surface area contributed by atoms with Gasteiger partial charge in [0.1, 0.15) is 6.54 Å². The second-order valence-electron chi connectivity index (χ2n) is 5.56. The summed E-state index contributed by atoms with van der Waals surface area (Å²) in [5.74, 6) is 0. The Morgan fingerprint density at radius 1 is 1.33 bits per heavy atom. The maximum Gasteiger partial charge on any atom is 0.431 e. The number of hydrogen-bond acceptors (Lipinski definition) is 4. The molecule has 9 nitrogen and oxygen atoms in total. The van der Waals surface area contributed by atoms with Gasteiger partial charge < -0.3 is 15.2 Å². The molecule has 1 fully saturated rings. The average Bonchev–Trinajstić information content (AvgIpc) is 2.76. The molecular formula is C15H20N4O5. The Balaban J connectivity index is 2.17. The summed E-state index contributed by atoms with van der Waals surface area (Å²) in [6.45, 7) is 3.46. The molecule has 24 heavy (non-hydrogen) atoms. The third-order valence-corrected chi connectivity index (χ3v) is 3.36. The van der Waals surface area contributed by atoms with Gasteiger partial charge in [0.25, 0.3) is 0 Å². The maximum absolute atomic E-state index is 12.4. The molecule has 4 amide bonds. The number of alkyl carbamates (subject to hydrolysis) is 1. The predicted octanol–water partition coefficient (Wildman–Crippen LogP) is 1.91. The highest BCUT2D eigenvalue weighted by atomic mass is 16.6. The van der Waals surface area contributed by atoms with Gasteiger partial charge in [-0.2, -0.15) is 5.01 Å². The van der Waals surface area contributed by atoms with E-state index in [9.17, 15) is 19.5 Å². The third kappa shape index (κ3) is 3.67. The smallest absolute Gasteiger partial charge is 0.431 e. The van der Waals surface area contributed by atoms with Crippen LogP contribution in [0.5, 0.6) is 0 Å². The fourth-order valence-electron chi connectivity index (χ4n) is 2.25. The van der Waals surface area contributed by atoms with E-state index in [-0.39, 0.29) is 12.6 Å². The molecule has 2 N–H and O–H groups in total. The number of carboxylic acid groups (broad SMARTS) is 1. The minimum absolute atomic E-state index is 0.0952. The van der Waals surface area contributed by atoms with Crippen LogP contribution in [0.25, 0.3) is 0 Å². The first kappa shape index (κ1) is 17.4. The van der Waals surface area contributed by atoms with Crippen LogP contribution in [0.15, 0.2) is 30.3 Å². The van der Waals surface area contributed by atoms with E-state index in [4.69, 9.17) is 4.74 Å². The zero-order chi connectivity index (χ0) is 17.9. The van der Waals surface area contributed by atoms with Crippen molar-refractivity contribution in [1.82, 2.24) is 15.2 Å². The molecule has 1 aliphatic heterocycles. The van der Waals surface area contributed by atoms with Crippen molar-refractivity contribution in [2.24, 2.45) is 0 Å². The number of amides is 4. The van der Waals surface area contributed by atoms with Crippen molar-refractivity contribution >= 4 is 23.9 Å². The van der Waals surface area contributed by atoms with E-state index in [1.165, 1.54) is 11.9 Å². The molecule has 1 heterocycles. The molecule has 130 valence electrons. The van der Waals surface area contributed by atoms with Crippen molar-refractivity contribution in [2.45, 2.75) is 26.1 Å². The van der Waals surface area contributed by atoms with Crippen molar-refractivity contribution in [3.05, 3.63) is 30.3 Å². The van der Waals surface area contributed by atoms with E-state index in [1.54, 1.807) is 44.2 Å². The fourth-order valence-corrected chi connectivity index (χ4v) is 2.25. The number of nitrogens with zero attached hydrogens (tertiary/aromatic N) is 3. The minimum Gasteiger partial charge on any atom is -0.463 e. The fraction of sp³-hybridized carbons (Fsp3) is 0.400. The van der Waals surface area contributed by atoms with E-state index in [0.29, 0.717) is 5.69 Å². The lowest BCUT2D eigenvalue weighted by Gasteiger charge is -2.27. The molecule has 0 saturated carbocycles.